The van der Waals surface area contributed by atoms with Crippen molar-refractivity contribution in [1.82, 2.24) is 0 Å². The molecule has 0 radical (unpaired) electrons. The minimum absolute atomic E-state index is 0.155. The van der Waals surface area contributed by atoms with Crippen molar-refractivity contribution in [1.29, 1.82) is 0 Å². The summed E-state index contributed by atoms with van der Waals surface area (Å²) in [6, 6.07) is -1.52. The number of allylic oxidation sites excluding steroid dienone is 2. The van der Waals surface area contributed by atoms with Crippen LogP contribution in [0, 0.1) is 0 Å². The van der Waals surface area contributed by atoms with E-state index in [1.54, 1.807) is 0 Å². The maximum Gasteiger partial charge on any atom is 0.472 e. The van der Waals surface area contributed by atoms with Gasteiger partial charge in [0, 0.05) is 12.8 Å². The molecule has 0 heterocycles. The maximum atomic E-state index is 12.6. The van der Waals surface area contributed by atoms with Gasteiger partial charge in [0.1, 0.15) is 12.6 Å². The van der Waals surface area contributed by atoms with Crippen LogP contribution in [0.5, 0.6) is 0 Å². The van der Waals surface area contributed by atoms with E-state index in [2.05, 4.69) is 30.5 Å². The third kappa shape index (κ3) is 36.9. The van der Waals surface area contributed by atoms with E-state index < -0.39 is 51.1 Å². The van der Waals surface area contributed by atoms with Crippen molar-refractivity contribution in [3.8, 4) is 0 Å². The highest BCUT2D eigenvalue weighted by Crippen LogP contribution is 2.43. The van der Waals surface area contributed by atoms with Crippen LogP contribution in [0.25, 0.3) is 0 Å². The SMILES string of the molecule is CCCCCCCCC/C=C\CCCCCCCC(=O)O[C@H](COC(=O)CCCCCCCCCCCCCCC)COP(=O)(O)OC[C@H](N)C(=O)O. The number of unbranched alkanes of at least 4 members (excludes halogenated alkanes) is 24. The van der Waals surface area contributed by atoms with Crippen LogP contribution in [0.4, 0.5) is 0 Å². The van der Waals surface area contributed by atoms with Crippen LogP contribution >= 0.6 is 7.82 Å². The van der Waals surface area contributed by atoms with E-state index in [4.69, 9.17) is 24.8 Å². The van der Waals surface area contributed by atoms with E-state index in [0.717, 1.165) is 57.8 Å². The first kappa shape index (κ1) is 51.2. The van der Waals surface area contributed by atoms with Gasteiger partial charge in [0.05, 0.1) is 13.2 Å². The van der Waals surface area contributed by atoms with Crippen molar-refractivity contribution in [2.75, 3.05) is 19.8 Å². The van der Waals surface area contributed by atoms with E-state index in [0.29, 0.717) is 12.8 Å². The van der Waals surface area contributed by atoms with Gasteiger partial charge >= 0.3 is 25.7 Å². The van der Waals surface area contributed by atoms with E-state index in [1.807, 2.05) is 0 Å². The summed E-state index contributed by atoms with van der Waals surface area (Å²) in [5.74, 6) is -2.38. The summed E-state index contributed by atoms with van der Waals surface area (Å²) in [7, 11) is -4.71. The molecular formula is C41H78NO10P. The average molecular weight is 776 g/mol. The molecule has 0 aliphatic heterocycles. The molecule has 0 aromatic heterocycles. The molecule has 0 aromatic rings. The number of carboxylic acids is 1. The number of ether oxygens (including phenoxy) is 2. The first-order valence-corrected chi connectivity index (χ1v) is 22.7. The van der Waals surface area contributed by atoms with Crippen LogP contribution in [0.1, 0.15) is 200 Å². The van der Waals surface area contributed by atoms with Crippen molar-refractivity contribution in [3.05, 3.63) is 12.2 Å². The summed E-state index contributed by atoms with van der Waals surface area (Å²) in [4.78, 5) is 45.9. The Morgan fingerprint density at radius 1 is 0.566 bits per heavy atom. The Bertz CT molecular complexity index is 963. The minimum atomic E-state index is -4.71. The van der Waals surface area contributed by atoms with Gasteiger partial charge in [0.2, 0.25) is 0 Å². The number of carbonyl (C=O) groups is 3. The molecule has 0 aliphatic rings. The number of hydrogen-bond donors (Lipinski definition) is 3. The molecule has 0 amide bonds. The normalized spacial score (nSPS) is 13.9. The Balaban J connectivity index is 4.37. The highest BCUT2D eigenvalue weighted by molar-refractivity contribution is 7.47. The van der Waals surface area contributed by atoms with E-state index in [1.165, 1.54) is 103 Å². The molecule has 0 fully saturated rings. The van der Waals surface area contributed by atoms with Crippen molar-refractivity contribution in [2.24, 2.45) is 5.73 Å². The summed E-state index contributed by atoms with van der Waals surface area (Å²) in [5.41, 5.74) is 5.33. The highest BCUT2D eigenvalue weighted by Gasteiger charge is 2.28. The van der Waals surface area contributed by atoms with Crippen LogP contribution in [-0.4, -0.2) is 59.9 Å². The van der Waals surface area contributed by atoms with E-state index in [9.17, 15) is 23.8 Å². The topological polar surface area (TPSA) is 172 Å². The monoisotopic (exact) mass is 776 g/mol. The lowest BCUT2D eigenvalue weighted by molar-refractivity contribution is -0.161. The summed E-state index contributed by atoms with van der Waals surface area (Å²) in [6.45, 7) is 2.80. The standard InChI is InChI=1S/C41H78NO10P/c1-3-5-7-9-11-13-15-17-18-19-21-23-25-27-29-31-33-40(44)52-37(35-50-53(47,48)51-36-38(42)41(45)46)34-49-39(43)32-30-28-26-24-22-20-16-14-12-10-8-6-4-2/h18-19,37-38H,3-17,20-36,42H2,1-2H3,(H,45,46)(H,47,48)/b19-18-/t37-,38+/m1/s1. The summed E-state index contributed by atoms with van der Waals surface area (Å²) in [6.07, 6.45) is 35.6. The maximum absolute atomic E-state index is 12.6. The molecule has 11 nitrogen and oxygen atoms in total. The zero-order chi connectivity index (χ0) is 39.3. The summed E-state index contributed by atoms with van der Waals surface area (Å²) >= 11 is 0. The molecule has 3 atom stereocenters. The van der Waals surface area contributed by atoms with Gasteiger partial charge in [-0.1, -0.05) is 161 Å². The Hall–Kier alpha value is -1.78. The van der Waals surface area contributed by atoms with Crippen LogP contribution in [-0.2, 0) is 37.5 Å². The molecule has 0 aromatic carbocycles. The molecule has 53 heavy (non-hydrogen) atoms. The van der Waals surface area contributed by atoms with Crippen LogP contribution < -0.4 is 5.73 Å². The molecule has 0 saturated carbocycles. The molecular weight excluding hydrogens is 697 g/mol. The van der Waals surface area contributed by atoms with Gasteiger partial charge in [-0.05, 0) is 38.5 Å². The fourth-order valence-electron chi connectivity index (χ4n) is 5.88. The molecule has 12 heteroatoms. The third-order valence-electron chi connectivity index (χ3n) is 9.26. The number of phosphoric ester groups is 1. The summed E-state index contributed by atoms with van der Waals surface area (Å²) < 4.78 is 32.6. The Labute approximate surface area is 322 Å². The predicted octanol–water partition coefficient (Wildman–Crippen LogP) is 10.9. The van der Waals surface area contributed by atoms with Crippen LogP contribution in [0.3, 0.4) is 0 Å². The van der Waals surface area contributed by atoms with Crippen molar-refractivity contribution in [2.45, 2.75) is 212 Å². The Morgan fingerprint density at radius 2 is 0.943 bits per heavy atom. The van der Waals surface area contributed by atoms with Gasteiger partial charge in [-0.25, -0.2) is 4.57 Å². The quantitative estimate of drug-likeness (QED) is 0.0234. The fourth-order valence-corrected chi connectivity index (χ4v) is 6.66. The third-order valence-corrected chi connectivity index (χ3v) is 10.2. The van der Waals surface area contributed by atoms with Gasteiger partial charge in [-0.3, -0.25) is 23.4 Å². The van der Waals surface area contributed by atoms with Crippen molar-refractivity contribution >= 4 is 25.7 Å². The largest absolute Gasteiger partial charge is 0.480 e. The Morgan fingerprint density at radius 3 is 1.38 bits per heavy atom. The molecule has 0 bridgehead atoms. The highest BCUT2D eigenvalue weighted by atomic mass is 31.2. The number of hydrogen-bond acceptors (Lipinski definition) is 9. The first-order valence-electron chi connectivity index (χ1n) is 21.2. The molecule has 312 valence electrons. The number of rotatable bonds is 40. The van der Waals surface area contributed by atoms with Crippen molar-refractivity contribution in [3.63, 3.8) is 0 Å². The average Bonchev–Trinajstić information content (AvgIpc) is 3.13. The van der Waals surface area contributed by atoms with Crippen LogP contribution in [0.2, 0.25) is 0 Å². The smallest absolute Gasteiger partial charge is 0.472 e. The second kappa shape index (κ2) is 37.2. The van der Waals surface area contributed by atoms with Crippen LogP contribution in [0.15, 0.2) is 12.2 Å². The zero-order valence-electron chi connectivity index (χ0n) is 33.6. The van der Waals surface area contributed by atoms with Crippen molar-refractivity contribution < 1.29 is 47.5 Å². The van der Waals surface area contributed by atoms with Gasteiger partial charge in [0.15, 0.2) is 6.10 Å². The fraction of sp³-hybridized carbons (Fsp3) is 0.878. The Kier molecular flexibility index (Phi) is 35.9. The zero-order valence-corrected chi connectivity index (χ0v) is 34.5. The number of nitrogens with two attached hydrogens (primary N) is 1. The number of carbonyl (C=O) groups excluding carboxylic acids is 2. The molecule has 0 saturated heterocycles. The lowest BCUT2D eigenvalue weighted by atomic mass is 10.0. The number of aliphatic carboxylic acids is 1. The molecule has 0 spiro atoms. The predicted molar refractivity (Wildman–Crippen MR) is 213 cm³/mol. The second-order valence-electron chi connectivity index (χ2n) is 14.5. The number of carboxylic acid groups (broad SMARTS) is 1. The van der Waals surface area contributed by atoms with E-state index >= 15 is 0 Å². The number of phosphoric acid groups is 1. The number of esters is 2. The molecule has 1 unspecified atom stereocenters. The van der Waals surface area contributed by atoms with Gasteiger partial charge in [-0.2, -0.15) is 0 Å². The second-order valence-corrected chi connectivity index (χ2v) is 15.9. The lowest BCUT2D eigenvalue weighted by Crippen LogP contribution is -2.34. The minimum Gasteiger partial charge on any atom is -0.480 e. The lowest BCUT2D eigenvalue weighted by Gasteiger charge is -2.20. The molecule has 4 N–H and O–H groups in total. The molecule has 0 aliphatic carbocycles. The van der Waals surface area contributed by atoms with Gasteiger partial charge in [-0.15, -0.1) is 0 Å². The summed E-state index contributed by atoms with van der Waals surface area (Å²) in [5, 5.41) is 8.87. The molecule has 0 rings (SSSR count). The first-order chi connectivity index (χ1) is 25.6. The van der Waals surface area contributed by atoms with E-state index in [-0.39, 0.29) is 19.4 Å². The van der Waals surface area contributed by atoms with Gasteiger partial charge in [0.25, 0.3) is 0 Å². The van der Waals surface area contributed by atoms with Gasteiger partial charge < -0.3 is 25.2 Å².